The third-order valence-electron chi connectivity index (χ3n) is 3.02. The summed E-state index contributed by atoms with van der Waals surface area (Å²) in [7, 11) is -3.50. The number of thiophene rings is 1. The average Bonchev–Trinajstić information content (AvgIpc) is 2.94. The van der Waals surface area contributed by atoms with Crippen molar-refractivity contribution in [1.82, 2.24) is 9.29 Å². The summed E-state index contributed by atoms with van der Waals surface area (Å²) in [6.07, 6.45) is 0. The Morgan fingerprint density at radius 1 is 1.38 bits per heavy atom. The maximum absolute atomic E-state index is 12.6. The molecule has 0 atom stereocenters. The van der Waals surface area contributed by atoms with Gasteiger partial charge in [0.05, 0.1) is 12.2 Å². The van der Waals surface area contributed by atoms with Crippen LogP contribution in [-0.4, -0.2) is 24.3 Å². The second kappa shape index (κ2) is 6.87. The van der Waals surface area contributed by atoms with Crippen LogP contribution in [0.15, 0.2) is 33.9 Å². The number of aryl methyl sites for hydroxylation is 1. The summed E-state index contributed by atoms with van der Waals surface area (Å²) in [5.41, 5.74) is 2.45. The van der Waals surface area contributed by atoms with E-state index in [0.717, 1.165) is 17.0 Å². The van der Waals surface area contributed by atoms with Crippen LogP contribution in [0.1, 0.15) is 23.9 Å². The molecule has 2 rings (SSSR count). The second-order valence-corrected chi connectivity index (χ2v) is 7.95. The molecule has 0 bridgehead atoms. The molecule has 7 heteroatoms. The molecular formula is C14H17ClN2O2S2. The molecule has 4 nitrogen and oxygen atoms in total. The summed E-state index contributed by atoms with van der Waals surface area (Å²) >= 11 is 6.94. The van der Waals surface area contributed by atoms with Gasteiger partial charge in [0.25, 0.3) is 10.0 Å². The van der Waals surface area contributed by atoms with Crippen LogP contribution in [0.5, 0.6) is 0 Å². The Bertz CT molecular complexity index is 713. The third kappa shape index (κ3) is 3.83. The lowest BCUT2D eigenvalue weighted by atomic mass is 10.3. The summed E-state index contributed by atoms with van der Waals surface area (Å²) in [4.78, 5) is 4.37. The monoisotopic (exact) mass is 344 g/mol. The third-order valence-corrected chi connectivity index (χ3v) is 6.71. The van der Waals surface area contributed by atoms with E-state index in [-0.39, 0.29) is 6.54 Å². The first-order valence-electron chi connectivity index (χ1n) is 6.53. The van der Waals surface area contributed by atoms with Crippen LogP contribution in [0.4, 0.5) is 0 Å². The largest absolute Gasteiger partial charge is 0.257 e. The average molecular weight is 345 g/mol. The molecule has 21 heavy (non-hydrogen) atoms. The van der Waals surface area contributed by atoms with Gasteiger partial charge in [0, 0.05) is 18.1 Å². The molecule has 0 spiro atoms. The molecule has 0 aliphatic rings. The number of aromatic nitrogens is 1. The SMILES string of the molecule is CCN(Cc1cccc(C)n1)S(=O)(=O)c1cc(CCl)cs1. The normalized spacial score (nSPS) is 12.0. The van der Waals surface area contributed by atoms with Crippen LogP contribution >= 0.6 is 22.9 Å². The van der Waals surface area contributed by atoms with Crippen molar-refractivity contribution < 1.29 is 8.42 Å². The smallest absolute Gasteiger partial charge is 0.252 e. The minimum absolute atomic E-state index is 0.272. The number of hydrogen-bond donors (Lipinski definition) is 0. The number of sulfonamides is 1. The number of halogens is 1. The molecule has 0 aliphatic carbocycles. The van der Waals surface area contributed by atoms with E-state index in [1.54, 1.807) is 11.4 Å². The minimum atomic E-state index is -3.50. The van der Waals surface area contributed by atoms with Crippen molar-refractivity contribution >= 4 is 33.0 Å². The standard InChI is InChI=1S/C14H17ClN2O2S2/c1-3-17(9-13-6-4-5-11(2)16-13)21(18,19)14-7-12(8-15)10-20-14/h4-7,10H,3,8-9H2,1-2H3. The molecule has 0 N–H and O–H groups in total. The Hall–Kier alpha value is -0.950. The molecule has 2 aromatic heterocycles. The van der Waals surface area contributed by atoms with Gasteiger partial charge in [-0.3, -0.25) is 4.98 Å². The predicted octanol–water partition coefficient (Wildman–Crippen LogP) is 3.40. The fourth-order valence-corrected chi connectivity index (χ4v) is 4.95. The molecule has 0 fully saturated rings. The van der Waals surface area contributed by atoms with Gasteiger partial charge in [0.2, 0.25) is 0 Å². The van der Waals surface area contributed by atoms with Crippen LogP contribution in [0.2, 0.25) is 0 Å². The van der Waals surface area contributed by atoms with Gasteiger partial charge in [-0.1, -0.05) is 13.0 Å². The van der Waals surface area contributed by atoms with Gasteiger partial charge < -0.3 is 0 Å². The highest BCUT2D eigenvalue weighted by atomic mass is 35.5. The predicted molar refractivity (Wildman–Crippen MR) is 86.1 cm³/mol. The van der Waals surface area contributed by atoms with Crippen LogP contribution in [0.3, 0.4) is 0 Å². The van der Waals surface area contributed by atoms with Crippen molar-refractivity contribution in [1.29, 1.82) is 0 Å². The zero-order valence-electron chi connectivity index (χ0n) is 11.9. The lowest BCUT2D eigenvalue weighted by molar-refractivity contribution is 0.420. The first-order chi connectivity index (χ1) is 9.97. The van der Waals surface area contributed by atoms with Crippen molar-refractivity contribution in [3.8, 4) is 0 Å². The van der Waals surface area contributed by atoms with E-state index < -0.39 is 10.0 Å². The van der Waals surface area contributed by atoms with Gasteiger partial charge in [-0.05, 0) is 36.1 Å². The Morgan fingerprint density at radius 3 is 2.71 bits per heavy atom. The van der Waals surface area contributed by atoms with E-state index in [2.05, 4.69) is 4.98 Å². The van der Waals surface area contributed by atoms with Crippen LogP contribution in [-0.2, 0) is 22.4 Å². The second-order valence-electron chi connectivity index (χ2n) is 4.61. The molecule has 114 valence electrons. The van der Waals surface area contributed by atoms with Crippen LogP contribution in [0.25, 0.3) is 0 Å². The number of alkyl halides is 1. The van der Waals surface area contributed by atoms with E-state index in [0.29, 0.717) is 16.6 Å². The first-order valence-corrected chi connectivity index (χ1v) is 9.39. The number of rotatable bonds is 6. The van der Waals surface area contributed by atoms with Gasteiger partial charge >= 0.3 is 0 Å². The quantitative estimate of drug-likeness (QED) is 0.754. The number of hydrogen-bond acceptors (Lipinski definition) is 4. The number of nitrogens with zero attached hydrogens (tertiary/aromatic N) is 2. The van der Waals surface area contributed by atoms with Crippen molar-refractivity contribution in [2.24, 2.45) is 0 Å². The van der Waals surface area contributed by atoms with Crippen molar-refractivity contribution in [2.75, 3.05) is 6.54 Å². The fraction of sp³-hybridized carbons (Fsp3) is 0.357. The van der Waals surface area contributed by atoms with Crippen molar-refractivity contribution in [3.05, 3.63) is 46.6 Å². The molecule has 2 heterocycles. The Labute approximate surface area is 134 Å². The van der Waals surface area contributed by atoms with Gasteiger partial charge in [-0.25, -0.2) is 8.42 Å². The lowest BCUT2D eigenvalue weighted by Crippen LogP contribution is -2.30. The van der Waals surface area contributed by atoms with E-state index in [1.807, 2.05) is 32.0 Å². The minimum Gasteiger partial charge on any atom is -0.257 e. The van der Waals surface area contributed by atoms with Gasteiger partial charge in [-0.15, -0.1) is 22.9 Å². The lowest BCUT2D eigenvalue weighted by Gasteiger charge is -2.19. The molecule has 2 aromatic rings. The van der Waals surface area contributed by atoms with E-state index in [1.165, 1.54) is 15.6 Å². The van der Waals surface area contributed by atoms with Crippen molar-refractivity contribution in [2.45, 2.75) is 30.5 Å². The highest BCUT2D eigenvalue weighted by Gasteiger charge is 2.25. The zero-order chi connectivity index (χ0) is 15.5. The van der Waals surface area contributed by atoms with Gasteiger partial charge in [-0.2, -0.15) is 4.31 Å². The van der Waals surface area contributed by atoms with E-state index >= 15 is 0 Å². The Morgan fingerprint density at radius 2 is 2.14 bits per heavy atom. The van der Waals surface area contributed by atoms with Crippen LogP contribution < -0.4 is 0 Å². The maximum atomic E-state index is 12.6. The first kappa shape index (κ1) is 16.4. The zero-order valence-corrected chi connectivity index (χ0v) is 14.3. The molecule has 0 radical (unpaired) electrons. The molecule has 0 amide bonds. The highest BCUT2D eigenvalue weighted by Crippen LogP contribution is 2.25. The molecule has 0 saturated carbocycles. The maximum Gasteiger partial charge on any atom is 0.252 e. The molecule has 0 saturated heterocycles. The van der Waals surface area contributed by atoms with E-state index in [4.69, 9.17) is 11.6 Å². The highest BCUT2D eigenvalue weighted by molar-refractivity contribution is 7.91. The summed E-state index contributed by atoms with van der Waals surface area (Å²) in [6, 6.07) is 7.25. The summed E-state index contributed by atoms with van der Waals surface area (Å²) in [5.74, 6) is 0.317. The number of pyridine rings is 1. The molecule has 0 unspecified atom stereocenters. The molecular weight excluding hydrogens is 328 g/mol. The Balaban J connectivity index is 2.27. The summed E-state index contributed by atoms with van der Waals surface area (Å²) in [5, 5.41) is 1.78. The van der Waals surface area contributed by atoms with Crippen LogP contribution in [0, 0.1) is 6.92 Å². The van der Waals surface area contributed by atoms with E-state index in [9.17, 15) is 8.42 Å². The molecule has 0 aromatic carbocycles. The summed E-state index contributed by atoms with van der Waals surface area (Å²) < 4.78 is 27.1. The molecule has 0 aliphatic heterocycles. The fourth-order valence-electron chi connectivity index (χ4n) is 1.92. The topological polar surface area (TPSA) is 50.3 Å². The van der Waals surface area contributed by atoms with Gasteiger partial charge in [0.1, 0.15) is 4.21 Å². The Kier molecular flexibility index (Phi) is 5.37. The van der Waals surface area contributed by atoms with Crippen molar-refractivity contribution in [3.63, 3.8) is 0 Å². The van der Waals surface area contributed by atoms with Gasteiger partial charge in [0.15, 0.2) is 0 Å². The summed E-state index contributed by atoms with van der Waals surface area (Å²) in [6.45, 7) is 4.38.